The number of fused-ring (bicyclic) bond motifs is 1. The van der Waals surface area contributed by atoms with Crippen LogP contribution in [0.3, 0.4) is 0 Å². The van der Waals surface area contributed by atoms with Crippen molar-refractivity contribution in [2.45, 2.75) is 44.3 Å². The minimum absolute atomic E-state index is 0.0930. The summed E-state index contributed by atoms with van der Waals surface area (Å²) in [4.78, 5) is 16.9. The maximum atomic E-state index is 12.8. The second-order valence-corrected chi connectivity index (χ2v) is 7.80. The van der Waals surface area contributed by atoms with Crippen molar-refractivity contribution >= 4 is 5.91 Å². The average Bonchev–Trinajstić information content (AvgIpc) is 3.16. The number of ether oxygens (including phenoxy) is 1. The molecule has 1 aromatic heterocycles. The molecule has 1 aliphatic heterocycles. The van der Waals surface area contributed by atoms with Gasteiger partial charge in [0.1, 0.15) is 17.5 Å². The van der Waals surface area contributed by atoms with Crippen LogP contribution < -0.4 is 20.9 Å². The molecule has 1 saturated carbocycles. The van der Waals surface area contributed by atoms with E-state index >= 15 is 0 Å². The van der Waals surface area contributed by atoms with Crippen LogP contribution in [0.25, 0.3) is 0 Å². The summed E-state index contributed by atoms with van der Waals surface area (Å²) in [5.41, 5.74) is 9.60. The Kier molecular flexibility index (Phi) is 5.47. The van der Waals surface area contributed by atoms with Gasteiger partial charge in [-0.15, -0.1) is 0 Å². The lowest BCUT2D eigenvalue weighted by molar-refractivity contribution is 0.0909. The SMILES string of the molecule is COc1cccc(C2NNC3CCC(NC(=O)c4ncc(C#N)cc4C)CC32)c1. The summed E-state index contributed by atoms with van der Waals surface area (Å²) in [7, 11) is 1.67. The number of methoxy groups -OCH3 is 1. The molecule has 0 bridgehead atoms. The van der Waals surface area contributed by atoms with Gasteiger partial charge in [-0.2, -0.15) is 5.26 Å². The highest BCUT2D eigenvalue weighted by molar-refractivity contribution is 5.93. The van der Waals surface area contributed by atoms with Gasteiger partial charge in [0.2, 0.25) is 0 Å². The number of hydrogen-bond acceptors (Lipinski definition) is 6. The zero-order valence-corrected chi connectivity index (χ0v) is 16.6. The highest BCUT2D eigenvalue weighted by atomic mass is 16.5. The van der Waals surface area contributed by atoms with E-state index in [-0.39, 0.29) is 18.0 Å². The highest BCUT2D eigenvalue weighted by Gasteiger charge is 2.41. The van der Waals surface area contributed by atoms with E-state index in [1.807, 2.05) is 19.1 Å². The fraction of sp³-hybridized carbons (Fsp3) is 0.409. The van der Waals surface area contributed by atoms with E-state index < -0.39 is 0 Å². The Balaban J connectivity index is 1.46. The van der Waals surface area contributed by atoms with E-state index in [1.165, 1.54) is 11.8 Å². The molecule has 1 amide bonds. The molecular weight excluding hydrogens is 366 g/mol. The molecule has 4 atom stereocenters. The predicted octanol–water partition coefficient (Wildman–Crippen LogP) is 2.39. The monoisotopic (exact) mass is 391 g/mol. The molecule has 2 aromatic rings. The first-order valence-corrected chi connectivity index (χ1v) is 9.91. The molecule has 150 valence electrons. The molecule has 2 heterocycles. The van der Waals surface area contributed by atoms with Crippen molar-refractivity contribution in [1.82, 2.24) is 21.2 Å². The number of amides is 1. The second kappa shape index (κ2) is 8.19. The number of aryl methyl sites for hydroxylation is 1. The first-order valence-electron chi connectivity index (χ1n) is 9.91. The molecule has 0 radical (unpaired) electrons. The van der Waals surface area contributed by atoms with Gasteiger partial charge < -0.3 is 10.1 Å². The number of aromatic nitrogens is 1. The Bertz CT molecular complexity index is 954. The highest BCUT2D eigenvalue weighted by Crippen LogP contribution is 2.38. The van der Waals surface area contributed by atoms with E-state index in [0.717, 1.165) is 25.0 Å². The average molecular weight is 391 g/mol. The van der Waals surface area contributed by atoms with Crippen molar-refractivity contribution in [1.29, 1.82) is 5.26 Å². The van der Waals surface area contributed by atoms with Gasteiger partial charge in [0.15, 0.2) is 0 Å². The van der Waals surface area contributed by atoms with Crippen LogP contribution in [0.2, 0.25) is 0 Å². The Morgan fingerprint density at radius 3 is 2.93 bits per heavy atom. The van der Waals surface area contributed by atoms with Gasteiger partial charge in [0.05, 0.1) is 18.7 Å². The van der Waals surface area contributed by atoms with Crippen LogP contribution >= 0.6 is 0 Å². The van der Waals surface area contributed by atoms with Gasteiger partial charge in [0.25, 0.3) is 5.91 Å². The smallest absolute Gasteiger partial charge is 0.270 e. The van der Waals surface area contributed by atoms with Gasteiger partial charge in [-0.05, 0) is 61.4 Å². The lowest BCUT2D eigenvalue weighted by Crippen LogP contribution is -2.44. The fourth-order valence-electron chi connectivity index (χ4n) is 4.48. The number of pyridine rings is 1. The van der Waals surface area contributed by atoms with Crippen molar-refractivity contribution < 1.29 is 9.53 Å². The molecule has 2 aliphatic rings. The van der Waals surface area contributed by atoms with Gasteiger partial charge in [-0.3, -0.25) is 10.2 Å². The maximum absolute atomic E-state index is 12.8. The van der Waals surface area contributed by atoms with E-state index in [9.17, 15) is 4.79 Å². The molecular formula is C22H25N5O2. The van der Waals surface area contributed by atoms with E-state index in [2.05, 4.69) is 39.4 Å². The Hall–Kier alpha value is -2.95. The van der Waals surface area contributed by atoms with Crippen LogP contribution in [-0.2, 0) is 0 Å². The third kappa shape index (κ3) is 3.95. The standard InChI is InChI=1S/C22H25N5O2/c1-13-8-14(11-23)12-24-20(13)22(28)25-16-6-7-19-18(10-16)21(27-26-19)15-4-3-5-17(9-15)29-2/h3-5,8-9,12,16,18-19,21,26-27H,6-7,10H2,1-2H3,(H,25,28). The van der Waals surface area contributed by atoms with Crippen molar-refractivity contribution in [3.05, 3.63) is 58.9 Å². The van der Waals surface area contributed by atoms with E-state index in [1.54, 1.807) is 13.2 Å². The number of rotatable bonds is 4. The number of nitrogens with one attached hydrogen (secondary N) is 3. The van der Waals surface area contributed by atoms with Crippen molar-refractivity contribution in [2.75, 3.05) is 7.11 Å². The summed E-state index contributed by atoms with van der Waals surface area (Å²) in [5, 5.41) is 12.1. The number of nitrogens with zero attached hydrogens (tertiary/aromatic N) is 2. The quantitative estimate of drug-likeness (QED) is 0.740. The maximum Gasteiger partial charge on any atom is 0.270 e. The fourth-order valence-corrected chi connectivity index (χ4v) is 4.48. The summed E-state index contributed by atoms with van der Waals surface area (Å²) >= 11 is 0. The molecule has 1 aliphatic carbocycles. The Morgan fingerprint density at radius 2 is 2.17 bits per heavy atom. The molecule has 7 nitrogen and oxygen atoms in total. The molecule has 0 spiro atoms. The summed E-state index contributed by atoms with van der Waals surface area (Å²) in [6.45, 7) is 1.81. The number of hydrazine groups is 1. The third-order valence-corrected chi connectivity index (χ3v) is 5.96. The molecule has 4 unspecified atom stereocenters. The molecule has 7 heteroatoms. The molecule has 29 heavy (non-hydrogen) atoms. The number of nitriles is 1. The van der Waals surface area contributed by atoms with Crippen molar-refractivity contribution in [3.63, 3.8) is 0 Å². The van der Waals surface area contributed by atoms with E-state index in [0.29, 0.717) is 28.8 Å². The number of carbonyl (C=O) groups excluding carboxylic acids is 1. The van der Waals surface area contributed by atoms with Crippen LogP contribution in [0.5, 0.6) is 5.75 Å². The zero-order chi connectivity index (χ0) is 20.4. The van der Waals surface area contributed by atoms with E-state index in [4.69, 9.17) is 10.00 Å². The molecule has 4 rings (SSSR count). The first kappa shape index (κ1) is 19.4. The lowest BCUT2D eigenvalue weighted by Gasteiger charge is -2.33. The predicted molar refractivity (Wildman–Crippen MR) is 108 cm³/mol. The van der Waals surface area contributed by atoms with Crippen molar-refractivity contribution in [2.24, 2.45) is 5.92 Å². The topological polar surface area (TPSA) is 99.1 Å². The number of carbonyl (C=O) groups is 1. The number of hydrogen-bond donors (Lipinski definition) is 3. The Morgan fingerprint density at radius 1 is 1.31 bits per heavy atom. The zero-order valence-electron chi connectivity index (χ0n) is 16.6. The van der Waals surface area contributed by atoms with Crippen molar-refractivity contribution in [3.8, 4) is 11.8 Å². The minimum atomic E-state index is -0.174. The summed E-state index contributed by atoms with van der Waals surface area (Å²) in [6, 6.07) is 12.5. The summed E-state index contributed by atoms with van der Waals surface area (Å²) < 4.78 is 5.37. The molecule has 1 aromatic carbocycles. The second-order valence-electron chi connectivity index (χ2n) is 7.80. The molecule has 2 fully saturated rings. The van der Waals surface area contributed by atoms with Crippen LogP contribution in [-0.4, -0.2) is 30.1 Å². The third-order valence-electron chi connectivity index (χ3n) is 5.96. The summed E-state index contributed by atoms with van der Waals surface area (Å²) in [5.74, 6) is 1.04. The first-order chi connectivity index (χ1) is 14.1. The lowest BCUT2D eigenvalue weighted by atomic mass is 9.77. The summed E-state index contributed by atoms with van der Waals surface area (Å²) in [6.07, 6.45) is 4.24. The van der Waals surface area contributed by atoms with Gasteiger partial charge >= 0.3 is 0 Å². The molecule has 3 N–H and O–H groups in total. The van der Waals surface area contributed by atoms with Crippen LogP contribution in [0, 0.1) is 24.2 Å². The van der Waals surface area contributed by atoms with Gasteiger partial charge in [-0.1, -0.05) is 12.1 Å². The normalized spacial score (nSPS) is 25.7. The van der Waals surface area contributed by atoms with Crippen LogP contribution in [0.4, 0.5) is 0 Å². The minimum Gasteiger partial charge on any atom is -0.497 e. The Labute approximate surface area is 170 Å². The van der Waals surface area contributed by atoms with Crippen LogP contribution in [0.1, 0.15) is 52.5 Å². The largest absolute Gasteiger partial charge is 0.497 e. The van der Waals surface area contributed by atoms with Crippen LogP contribution in [0.15, 0.2) is 36.5 Å². The number of benzene rings is 1. The van der Waals surface area contributed by atoms with Gasteiger partial charge in [0, 0.05) is 18.3 Å². The molecule has 1 saturated heterocycles. The van der Waals surface area contributed by atoms with Gasteiger partial charge in [-0.25, -0.2) is 10.4 Å².